The minimum atomic E-state index is -4.31. The minimum absolute atomic E-state index is 0.0890. The van der Waals surface area contributed by atoms with Crippen molar-refractivity contribution in [3.8, 4) is 11.6 Å². The first-order valence-electron chi connectivity index (χ1n) is 5.41. The van der Waals surface area contributed by atoms with Crippen LogP contribution in [0, 0.1) is 0 Å². The highest BCUT2D eigenvalue weighted by Crippen LogP contribution is 2.22. The summed E-state index contributed by atoms with van der Waals surface area (Å²) in [5.41, 5.74) is 0.279. The van der Waals surface area contributed by atoms with Crippen LogP contribution in [-0.2, 0) is 20.1 Å². The van der Waals surface area contributed by atoms with Crippen LogP contribution in [0.5, 0.6) is 5.88 Å². The molecule has 0 unspecified atom stereocenters. The van der Waals surface area contributed by atoms with Crippen molar-refractivity contribution in [3.05, 3.63) is 30.3 Å². The lowest BCUT2D eigenvalue weighted by atomic mass is 10.3. The third kappa shape index (κ3) is 3.71. The number of nitrogens with zero attached hydrogens (tertiary/aromatic N) is 2. The van der Waals surface area contributed by atoms with Gasteiger partial charge in [-0.25, -0.2) is 8.42 Å². The summed E-state index contributed by atoms with van der Waals surface area (Å²) >= 11 is 0. The highest BCUT2D eigenvalue weighted by atomic mass is 32.2. The minimum Gasteiger partial charge on any atom is -0.493 e. The molecule has 0 saturated heterocycles. The van der Waals surface area contributed by atoms with Crippen LogP contribution >= 0.6 is 0 Å². The topological polar surface area (TPSA) is 139 Å². The fraction of sp³-hybridized carbons (Fsp3) is 0.100. The van der Waals surface area contributed by atoms with Crippen molar-refractivity contribution >= 4 is 26.0 Å². The number of anilines is 1. The molecule has 0 saturated carbocycles. The molecule has 1 heterocycles. The summed E-state index contributed by atoms with van der Waals surface area (Å²) in [7, 11) is -7.85. The van der Waals surface area contributed by atoms with Crippen molar-refractivity contribution in [2.75, 3.05) is 11.0 Å². The van der Waals surface area contributed by atoms with Crippen LogP contribution in [0.1, 0.15) is 0 Å². The zero-order valence-electron chi connectivity index (χ0n) is 10.6. The van der Waals surface area contributed by atoms with Crippen molar-refractivity contribution in [1.82, 2.24) is 9.78 Å². The number of aromatic hydroxyl groups is 1. The van der Waals surface area contributed by atoms with E-state index in [1.54, 1.807) is 0 Å². The molecule has 9 nitrogen and oxygen atoms in total. The molecule has 1 aromatic carbocycles. The second-order valence-corrected chi connectivity index (χ2v) is 7.31. The molecule has 11 heteroatoms. The van der Waals surface area contributed by atoms with Gasteiger partial charge in [-0.1, -0.05) is 0 Å². The summed E-state index contributed by atoms with van der Waals surface area (Å²) in [4.78, 5) is -0.313. The Morgan fingerprint density at radius 3 is 2.19 bits per heavy atom. The molecule has 114 valence electrons. The molecule has 0 fully saturated rings. The zero-order valence-corrected chi connectivity index (χ0v) is 12.3. The van der Waals surface area contributed by atoms with Gasteiger partial charge in [0.15, 0.2) is 5.82 Å². The number of aromatic nitrogens is 2. The average Bonchev–Trinajstić information content (AvgIpc) is 2.66. The predicted octanol–water partition coefficient (Wildman–Crippen LogP) is 0.196. The Morgan fingerprint density at radius 1 is 1.14 bits per heavy atom. The molecule has 0 aliphatic rings. The van der Waals surface area contributed by atoms with E-state index in [9.17, 15) is 21.9 Å². The van der Waals surface area contributed by atoms with Gasteiger partial charge in [0.25, 0.3) is 10.1 Å². The smallest absolute Gasteiger partial charge is 0.294 e. The summed E-state index contributed by atoms with van der Waals surface area (Å²) in [6, 6.07) is 5.92. The van der Waals surface area contributed by atoms with Gasteiger partial charge in [-0.3, -0.25) is 9.27 Å². The van der Waals surface area contributed by atoms with E-state index < -0.39 is 20.1 Å². The quantitative estimate of drug-likeness (QED) is 0.679. The van der Waals surface area contributed by atoms with Crippen LogP contribution in [0.2, 0.25) is 0 Å². The summed E-state index contributed by atoms with van der Waals surface area (Å²) in [6.07, 6.45) is 0.934. The highest BCUT2D eigenvalue weighted by Gasteiger charge is 2.13. The first kappa shape index (κ1) is 15.3. The first-order valence-corrected chi connectivity index (χ1v) is 8.74. The van der Waals surface area contributed by atoms with E-state index in [0.29, 0.717) is 0 Å². The van der Waals surface area contributed by atoms with Crippen LogP contribution in [0.25, 0.3) is 5.69 Å². The molecule has 2 rings (SSSR count). The standard InChI is InChI=1S/C10H11N3O6S2/c1-20(15,16)12-9-6-10(14)13(11-9)7-2-4-8(5-3-7)21(17,18)19/h2-6,14H,1H3,(H,11,12)(H,17,18,19). The van der Waals surface area contributed by atoms with Gasteiger partial charge in [0.05, 0.1) is 16.8 Å². The van der Waals surface area contributed by atoms with Gasteiger partial charge < -0.3 is 5.11 Å². The highest BCUT2D eigenvalue weighted by molar-refractivity contribution is 7.92. The monoisotopic (exact) mass is 333 g/mol. The Hall–Kier alpha value is -2.11. The third-order valence-electron chi connectivity index (χ3n) is 2.36. The largest absolute Gasteiger partial charge is 0.493 e. The van der Waals surface area contributed by atoms with Crippen LogP contribution < -0.4 is 4.72 Å². The Kier molecular flexibility index (Phi) is 3.65. The van der Waals surface area contributed by atoms with Crippen LogP contribution in [-0.4, -0.2) is 42.5 Å². The van der Waals surface area contributed by atoms with E-state index in [0.717, 1.165) is 29.1 Å². The van der Waals surface area contributed by atoms with Gasteiger partial charge in [-0.15, -0.1) is 5.10 Å². The maximum Gasteiger partial charge on any atom is 0.294 e. The van der Waals surface area contributed by atoms with E-state index in [1.165, 1.54) is 12.1 Å². The van der Waals surface area contributed by atoms with Gasteiger partial charge in [-0.2, -0.15) is 13.1 Å². The number of benzene rings is 1. The number of rotatable bonds is 4. The zero-order chi connectivity index (χ0) is 15.8. The third-order valence-corrected chi connectivity index (χ3v) is 3.81. The van der Waals surface area contributed by atoms with Gasteiger partial charge in [0, 0.05) is 6.07 Å². The molecule has 1 aromatic heterocycles. The maximum absolute atomic E-state index is 11.1. The first-order chi connectivity index (χ1) is 9.56. The fourth-order valence-corrected chi connectivity index (χ4v) is 2.52. The Balaban J connectivity index is 2.39. The molecule has 0 aliphatic heterocycles. The molecule has 0 bridgehead atoms. The number of nitrogens with one attached hydrogen (secondary N) is 1. The Labute approximate surface area is 120 Å². The predicted molar refractivity (Wildman–Crippen MR) is 73.5 cm³/mol. The van der Waals surface area contributed by atoms with Gasteiger partial charge in [0.1, 0.15) is 0 Å². The number of hydrogen-bond donors (Lipinski definition) is 3. The van der Waals surface area contributed by atoms with Gasteiger partial charge in [0.2, 0.25) is 15.9 Å². The van der Waals surface area contributed by atoms with E-state index in [-0.39, 0.29) is 22.3 Å². The number of sulfonamides is 1. The molecule has 0 atom stereocenters. The average molecular weight is 333 g/mol. The maximum atomic E-state index is 11.1. The fourth-order valence-electron chi connectivity index (χ4n) is 1.56. The summed E-state index contributed by atoms with van der Waals surface area (Å²) in [5.74, 6) is -0.436. The van der Waals surface area contributed by atoms with E-state index in [4.69, 9.17) is 4.55 Å². The summed E-state index contributed by atoms with van der Waals surface area (Å²) < 4.78 is 55.9. The van der Waals surface area contributed by atoms with Gasteiger partial charge in [-0.05, 0) is 24.3 Å². The van der Waals surface area contributed by atoms with E-state index in [1.807, 2.05) is 0 Å². The van der Waals surface area contributed by atoms with Crippen molar-refractivity contribution < 1.29 is 26.5 Å². The normalized spacial score (nSPS) is 12.3. The van der Waals surface area contributed by atoms with Crippen molar-refractivity contribution in [3.63, 3.8) is 0 Å². The molecule has 3 N–H and O–H groups in total. The van der Waals surface area contributed by atoms with E-state index in [2.05, 4.69) is 9.82 Å². The molecular formula is C10H11N3O6S2. The van der Waals surface area contributed by atoms with Crippen molar-refractivity contribution in [1.29, 1.82) is 0 Å². The van der Waals surface area contributed by atoms with Crippen molar-refractivity contribution in [2.24, 2.45) is 0 Å². The van der Waals surface area contributed by atoms with Crippen LogP contribution in [0.15, 0.2) is 35.2 Å². The molecule has 2 aromatic rings. The van der Waals surface area contributed by atoms with Crippen molar-refractivity contribution in [2.45, 2.75) is 4.90 Å². The lowest BCUT2D eigenvalue weighted by Gasteiger charge is -2.04. The lowest BCUT2D eigenvalue weighted by Crippen LogP contribution is -2.10. The van der Waals surface area contributed by atoms with Crippen LogP contribution in [0.3, 0.4) is 0 Å². The summed E-state index contributed by atoms with van der Waals surface area (Å²) in [5, 5.41) is 13.5. The Bertz CT molecular complexity index is 868. The molecule has 0 aliphatic carbocycles. The second kappa shape index (κ2) is 5.02. The molecule has 0 radical (unpaired) electrons. The van der Waals surface area contributed by atoms with Gasteiger partial charge >= 0.3 is 0 Å². The molecule has 21 heavy (non-hydrogen) atoms. The molecular weight excluding hydrogens is 322 g/mol. The SMILES string of the molecule is CS(=O)(=O)Nc1cc(O)n(-c2ccc(S(=O)(=O)O)cc2)n1. The van der Waals surface area contributed by atoms with Crippen LogP contribution in [0.4, 0.5) is 5.82 Å². The molecule has 0 amide bonds. The van der Waals surface area contributed by atoms with E-state index >= 15 is 0 Å². The number of hydrogen-bond acceptors (Lipinski definition) is 6. The second-order valence-electron chi connectivity index (χ2n) is 4.14. The molecule has 0 spiro atoms. The summed E-state index contributed by atoms with van der Waals surface area (Å²) in [6.45, 7) is 0. The lowest BCUT2D eigenvalue weighted by molar-refractivity contribution is 0.433. The Morgan fingerprint density at radius 2 is 1.71 bits per heavy atom.